The average Bonchev–Trinajstić information content (AvgIpc) is 3.11. The second kappa shape index (κ2) is 4.74. The first-order valence-corrected chi connectivity index (χ1v) is 6.65. The maximum absolute atomic E-state index is 6.07. The molecule has 2 aromatic heterocycles. The molecule has 100 valence electrons. The van der Waals surface area contributed by atoms with Crippen LogP contribution in [0.4, 0.5) is 0 Å². The van der Waals surface area contributed by atoms with Crippen molar-refractivity contribution in [2.75, 3.05) is 0 Å². The molecule has 2 aromatic rings. The molecule has 1 aliphatic rings. The molecule has 1 aliphatic carbocycles. The number of nitrogens with two attached hydrogens (primary N) is 1. The number of pyridine rings is 1. The predicted octanol–water partition coefficient (Wildman–Crippen LogP) is 2.03. The topological polar surface area (TPSA) is 77.8 Å². The maximum Gasteiger partial charge on any atom is 0.228 e. The van der Waals surface area contributed by atoms with Crippen molar-refractivity contribution in [3.05, 3.63) is 29.3 Å². The Morgan fingerprint density at radius 2 is 2.21 bits per heavy atom. The van der Waals surface area contributed by atoms with Gasteiger partial charge in [0.05, 0.1) is 0 Å². The van der Waals surface area contributed by atoms with Crippen LogP contribution in [-0.4, -0.2) is 21.2 Å². The fourth-order valence-electron chi connectivity index (χ4n) is 2.28. The molecule has 2 heterocycles. The lowest BCUT2D eigenvalue weighted by Crippen LogP contribution is -2.25. The summed E-state index contributed by atoms with van der Waals surface area (Å²) in [5.74, 6) is 1.79. The van der Waals surface area contributed by atoms with Gasteiger partial charge in [-0.15, -0.1) is 0 Å². The van der Waals surface area contributed by atoms with E-state index in [2.05, 4.69) is 21.2 Å². The third-order valence-electron chi connectivity index (χ3n) is 3.53. The highest BCUT2D eigenvalue weighted by Crippen LogP contribution is 2.32. The quantitative estimate of drug-likeness (QED) is 0.907. The van der Waals surface area contributed by atoms with Gasteiger partial charge in [0, 0.05) is 18.7 Å². The normalized spacial score (nSPS) is 16.6. The molecule has 5 nitrogen and oxygen atoms in total. The van der Waals surface area contributed by atoms with Crippen molar-refractivity contribution in [2.45, 2.75) is 39.2 Å². The van der Waals surface area contributed by atoms with Crippen LogP contribution in [0.3, 0.4) is 0 Å². The number of rotatable bonds is 4. The Balaban J connectivity index is 1.79. The van der Waals surface area contributed by atoms with Crippen molar-refractivity contribution >= 4 is 0 Å². The lowest BCUT2D eigenvalue weighted by molar-refractivity contribution is 0.363. The standard InChI is InChI=1S/C14H18N4O/c1-8-5-9(2)13(16-7-8)14-17-12(19-18-14)6-11(15)10-3-4-10/h5,7,10-11H,3-4,6,15H2,1-2H3. The smallest absolute Gasteiger partial charge is 0.228 e. The van der Waals surface area contributed by atoms with E-state index in [0.717, 1.165) is 16.8 Å². The van der Waals surface area contributed by atoms with E-state index in [4.69, 9.17) is 10.3 Å². The molecule has 19 heavy (non-hydrogen) atoms. The molecule has 0 amide bonds. The van der Waals surface area contributed by atoms with Gasteiger partial charge in [0.25, 0.3) is 0 Å². The zero-order valence-electron chi connectivity index (χ0n) is 11.3. The molecule has 0 spiro atoms. The lowest BCUT2D eigenvalue weighted by Gasteiger charge is -2.04. The van der Waals surface area contributed by atoms with Gasteiger partial charge in [0.2, 0.25) is 11.7 Å². The Bertz CT molecular complexity index is 589. The first-order valence-electron chi connectivity index (χ1n) is 6.65. The van der Waals surface area contributed by atoms with E-state index in [1.165, 1.54) is 12.8 Å². The van der Waals surface area contributed by atoms with Crippen LogP contribution in [0.2, 0.25) is 0 Å². The highest BCUT2D eigenvalue weighted by atomic mass is 16.5. The molecule has 2 N–H and O–H groups in total. The van der Waals surface area contributed by atoms with Gasteiger partial charge >= 0.3 is 0 Å². The monoisotopic (exact) mass is 258 g/mol. The minimum Gasteiger partial charge on any atom is -0.339 e. The van der Waals surface area contributed by atoms with E-state index in [0.29, 0.717) is 24.1 Å². The summed E-state index contributed by atoms with van der Waals surface area (Å²) in [6.07, 6.45) is 4.92. The zero-order valence-corrected chi connectivity index (χ0v) is 11.3. The van der Waals surface area contributed by atoms with Crippen molar-refractivity contribution in [3.63, 3.8) is 0 Å². The molecule has 0 aliphatic heterocycles. The summed E-state index contributed by atoms with van der Waals surface area (Å²) < 4.78 is 5.27. The third-order valence-corrected chi connectivity index (χ3v) is 3.53. The Labute approximate surface area is 112 Å². The lowest BCUT2D eigenvalue weighted by atomic mass is 10.1. The zero-order chi connectivity index (χ0) is 13.4. The van der Waals surface area contributed by atoms with E-state index < -0.39 is 0 Å². The van der Waals surface area contributed by atoms with Crippen LogP contribution >= 0.6 is 0 Å². The molecule has 0 saturated heterocycles. The summed E-state index contributed by atoms with van der Waals surface area (Å²) >= 11 is 0. The summed E-state index contributed by atoms with van der Waals surface area (Å²) in [6.45, 7) is 4.02. The van der Waals surface area contributed by atoms with Crippen LogP contribution < -0.4 is 5.73 Å². The van der Waals surface area contributed by atoms with Crippen LogP contribution in [-0.2, 0) is 6.42 Å². The Morgan fingerprint density at radius 1 is 1.42 bits per heavy atom. The second-order valence-electron chi connectivity index (χ2n) is 5.40. The van der Waals surface area contributed by atoms with Crippen molar-refractivity contribution in [1.29, 1.82) is 0 Å². The number of hydrogen-bond acceptors (Lipinski definition) is 5. The predicted molar refractivity (Wildman–Crippen MR) is 71.4 cm³/mol. The summed E-state index contributed by atoms with van der Waals surface area (Å²) in [7, 11) is 0. The first-order chi connectivity index (χ1) is 9.13. The van der Waals surface area contributed by atoms with Crippen LogP contribution in [0.25, 0.3) is 11.5 Å². The number of aryl methyl sites for hydroxylation is 2. The Kier molecular flexibility index (Phi) is 3.06. The van der Waals surface area contributed by atoms with Crippen molar-refractivity contribution < 1.29 is 4.52 Å². The van der Waals surface area contributed by atoms with E-state index >= 15 is 0 Å². The highest BCUT2D eigenvalue weighted by Gasteiger charge is 2.29. The maximum atomic E-state index is 6.07. The molecule has 5 heteroatoms. The summed E-state index contributed by atoms with van der Waals surface area (Å²) in [5, 5.41) is 4.01. The van der Waals surface area contributed by atoms with Crippen LogP contribution in [0, 0.1) is 19.8 Å². The molecule has 3 rings (SSSR count). The van der Waals surface area contributed by atoms with Gasteiger partial charge in [-0.3, -0.25) is 4.98 Å². The summed E-state index contributed by atoms with van der Waals surface area (Å²) in [4.78, 5) is 8.77. The molecule has 1 unspecified atom stereocenters. The Hall–Kier alpha value is -1.75. The van der Waals surface area contributed by atoms with Gasteiger partial charge in [-0.25, -0.2) is 0 Å². The summed E-state index contributed by atoms with van der Waals surface area (Å²) in [5.41, 5.74) is 9.02. The third kappa shape index (κ3) is 2.66. The van der Waals surface area contributed by atoms with Gasteiger partial charge in [0.1, 0.15) is 5.69 Å². The second-order valence-corrected chi connectivity index (χ2v) is 5.40. The molecule has 0 aromatic carbocycles. The fourth-order valence-corrected chi connectivity index (χ4v) is 2.28. The van der Waals surface area contributed by atoms with Gasteiger partial charge in [-0.1, -0.05) is 11.2 Å². The molecule has 0 bridgehead atoms. The fraction of sp³-hybridized carbons (Fsp3) is 0.500. The minimum atomic E-state index is 0.139. The average molecular weight is 258 g/mol. The SMILES string of the molecule is Cc1cnc(-c2noc(CC(N)C3CC3)n2)c(C)c1. The molecule has 1 atom stereocenters. The molecular formula is C14H18N4O. The molecular weight excluding hydrogens is 240 g/mol. The van der Waals surface area contributed by atoms with E-state index in [-0.39, 0.29) is 6.04 Å². The van der Waals surface area contributed by atoms with E-state index in [9.17, 15) is 0 Å². The van der Waals surface area contributed by atoms with Gasteiger partial charge < -0.3 is 10.3 Å². The van der Waals surface area contributed by atoms with Crippen LogP contribution in [0.5, 0.6) is 0 Å². The van der Waals surface area contributed by atoms with E-state index in [1.807, 2.05) is 20.0 Å². The van der Waals surface area contributed by atoms with Gasteiger partial charge in [-0.2, -0.15) is 4.98 Å². The molecule has 1 saturated carbocycles. The van der Waals surface area contributed by atoms with E-state index in [1.54, 1.807) is 0 Å². The first kappa shape index (κ1) is 12.3. The van der Waals surface area contributed by atoms with Crippen molar-refractivity contribution in [1.82, 2.24) is 15.1 Å². The van der Waals surface area contributed by atoms with Gasteiger partial charge in [-0.05, 0) is 43.7 Å². The van der Waals surface area contributed by atoms with Crippen molar-refractivity contribution in [2.24, 2.45) is 11.7 Å². The van der Waals surface area contributed by atoms with Gasteiger partial charge in [0.15, 0.2) is 0 Å². The summed E-state index contributed by atoms with van der Waals surface area (Å²) in [6, 6.07) is 2.20. The number of nitrogens with zero attached hydrogens (tertiary/aromatic N) is 3. The highest BCUT2D eigenvalue weighted by molar-refractivity contribution is 5.53. The van der Waals surface area contributed by atoms with Crippen LogP contribution in [0.15, 0.2) is 16.8 Å². The Morgan fingerprint density at radius 3 is 2.89 bits per heavy atom. The van der Waals surface area contributed by atoms with Crippen molar-refractivity contribution in [3.8, 4) is 11.5 Å². The minimum absolute atomic E-state index is 0.139. The largest absolute Gasteiger partial charge is 0.339 e. The van der Waals surface area contributed by atoms with Crippen LogP contribution in [0.1, 0.15) is 29.9 Å². The molecule has 1 fully saturated rings. The number of hydrogen-bond donors (Lipinski definition) is 1. The number of aromatic nitrogens is 3. The molecule has 0 radical (unpaired) electrons.